The van der Waals surface area contributed by atoms with Crippen LogP contribution in [-0.2, 0) is 16.7 Å². The Labute approximate surface area is 173 Å². The summed E-state index contributed by atoms with van der Waals surface area (Å²) >= 11 is 0. The maximum absolute atomic E-state index is 13.5. The van der Waals surface area contributed by atoms with Gasteiger partial charge in [-0.3, -0.25) is 0 Å². The van der Waals surface area contributed by atoms with E-state index in [9.17, 15) is 4.39 Å². The van der Waals surface area contributed by atoms with Crippen LogP contribution in [0.25, 0.3) is 0 Å². The lowest BCUT2D eigenvalue weighted by atomic mass is 9.67. The Kier molecular flexibility index (Phi) is 6.81. The van der Waals surface area contributed by atoms with Gasteiger partial charge in [0.15, 0.2) is 11.5 Å². The zero-order valence-corrected chi connectivity index (χ0v) is 17.9. The molecule has 4 nitrogen and oxygen atoms in total. The molecule has 3 rings (SSSR count). The van der Waals surface area contributed by atoms with Crippen LogP contribution in [0.1, 0.15) is 44.2 Å². The van der Waals surface area contributed by atoms with Crippen molar-refractivity contribution in [1.82, 2.24) is 5.32 Å². The molecule has 2 aromatic rings. The number of ether oxygens (including phenoxy) is 3. The van der Waals surface area contributed by atoms with Crippen molar-refractivity contribution in [2.24, 2.45) is 0 Å². The number of nitrogens with one attached hydrogen (secondary N) is 1. The monoisotopic (exact) mass is 401 g/mol. The topological polar surface area (TPSA) is 39.7 Å². The summed E-state index contributed by atoms with van der Waals surface area (Å²) in [6.45, 7) is 6.62. The van der Waals surface area contributed by atoms with Gasteiger partial charge in [0, 0.05) is 18.6 Å². The van der Waals surface area contributed by atoms with Crippen molar-refractivity contribution in [3.05, 3.63) is 59.4 Å². The van der Waals surface area contributed by atoms with Crippen LogP contribution in [-0.4, -0.2) is 33.0 Å². The third kappa shape index (κ3) is 5.28. The van der Waals surface area contributed by atoms with Gasteiger partial charge in [-0.2, -0.15) is 0 Å². The normalized spacial score (nSPS) is 21.0. The van der Waals surface area contributed by atoms with Gasteiger partial charge in [-0.25, -0.2) is 4.39 Å². The minimum atomic E-state index is -0.193. The molecule has 0 aliphatic carbocycles. The number of halogens is 1. The Balaban J connectivity index is 1.67. The van der Waals surface area contributed by atoms with Crippen LogP contribution in [0, 0.1) is 5.82 Å². The number of hydrogen-bond donors (Lipinski definition) is 1. The summed E-state index contributed by atoms with van der Waals surface area (Å²) in [5.41, 5.74) is 2.14. The second kappa shape index (κ2) is 9.14. The lowest BCUT2D eigenvalue weighted by Crippen LogP contribution is -2.45. The highest BCUT2D eigenvalue weighted by Crippen LogP contribution is 2.43. The third-order valence-corrected chi connectivity index (χ3v) is 5.85. The van der Waals surface area contributed by atoms with Gasteiger partial charge in [0.25, 0.3) is 0 Å². The highest BCUT2D eigenvalue weighted by Gasteiger charge is 2.41. The molecule has 1 aliphatic heterocycles. The Morgan fingerprint density at radius 3 is 2.41 bits per heavy atom. The molecule has 158 valence electrons. The fourth-order valence-corrected chi connectivity index (χ4v) is 4.44. The van der Waals surface area contributed by atoms with Gasteiger partial charge in [-0.15, -0.1) is 0 Å². The zero-order chi connectivity index (χ0) is 20.9. The van der Waals surface area contributed by atoms with E-state index in [1.54, 1.807) is 26.4 Å². The molecule has 1 aliphatic rings. The van der Waals surface area contributed by atoms with Gasteiger partial charge in [-0.05, 0) is 75.0 Å². The lowest BCUT2D eigenvalue weighted by Gasteiger charge is -2.45. The van der Waals surface area contributed by atoms with E-state index in [1.165, 1.54) is 5.56 Å². The second-order valence-corrected chi connectivity index (χ2v) is 8.44. The summed E-state index contributed by atoms with van der Waals surface area (Å²) in [5.74, 6) is 1.28. The van der Waals surface area contributed by atoms with Crippen molar-refractivity contribution < 1.29 is 18.6 Å². The van der Waals surface area contributed by atoms with Gasteiger partial charge < -0.3 is 19.5 Å². The molecule has 1 fully saturated rings. The van der Waals surface area contributed by atoms with Crippen LogP contribution in [0.3, 0.4) is 0 Å². The number of hydrogen-bond acceptors (Lipinski definition) is 4. The number of benzene rings is 2. The van der Waals surface area contributed by atoms with Crippen molar-refractivity contribution in [2.45, 2.75) is 50.7 Å². The molecule has 0 unspecified atom stereocenters. The minimum absolute atomic E-state index is 0.0138. The fraction of sp³-hybridized carbons (Fsp3) is 0.500. The van der Waals surface area contributed by atoms with Crippen molar-refractivity contribution in [3.8, 4) is 11.5 Å². The van der Waals surface area contributed by atoms with Crippen LogP contribution in [0.5, 0.6) is 11.5 Å². The van der Waals surface area contributed by atoms with E-state index >= 15 is 0 Å². The number of rotatable bonds is 8. The van der Waals surface area contributed by atoms with Crippen molar-refractivity contribution in [3.63, 3.8) is 0 Å². The predicted octanol–water partition coefficient (Wildman–Crippen LogP) is 4.85. The van der Waals surface area contributed by atoms with Crippen molar-refractivity contribution >= 4 is 0 Å². The van der Waals surface area contributed by atoms with Gasteiger partial charge in [0.05, 0.1) is 19.8 Å². The molecular formula is C24H32FNO3. The molecule has 0 radical (unpaired) electrons. The first kappa shape index (κ1) is 21.6. The summed E-state index contributed by atoms with van der Waals surface area (Å²) in [6, 6.07) is 13.0. The molecule has 29 heavy (non-hydrogen) atoms. The van der Waals surface area contributed by atoms with E-state index in [-0.39, 0.29) is 16.8 Å². The van der Waals surface area contributed by atoms with E-state index in [0.717, 1.165) is 56.0 Å². The molecule has 1 heterocycles. The summed E-state index contributed by atoms with van der Waals surface area (Å²) in [5, 5.41) is 3.56. The van der Waals surface area contributed by atoms with Gasteiger partial charge in [0.1, 0.15) is 5.82 Å². The molecule has 1 N–H and O–H groups in total. The van der Waals surface area contributed by atoms with E-state index < -0.39 is 0 Å². The average molecular weight is 402 g/mol. The maximum Gasteiger partial charge on any atom is 0.161 e. The largest absolute Gasteiger partial charge is 0.493 e. The Hall–Kier alpha value is -2.11. The third-order valence-electron chi connectivity index (χ3n) is 5.85. The molecule has 1 saturated heterocycles. The highest BCUT2D eigenvalue weighted by atomic mass is 19.1. The molecule has 5 heteroatoms. The lowest BCUT2D eigenvalue weighted by molar-refractivity contribution is -0.0840. The predicted molar refractivity (Wildman–Crippen MR) is 113 cm³/mol. The summed E-state index contributed by atoms with van der Waals surface area (Å²) in [4.78, 5) is 0. The average Bonchev–Trinajstić information content (AvgIpc) is 2.70. The first-order chi connectivity index (χ1) is 13.9. The molecule has 1 atom stereocenters. The summed E-state index contributed by atoms with van der Waals surface area (Å²) in [7, 11) is 3.29. The fourth-order valence-electron chi connectivity index (χ4n) is 4.44. The van der Waals surface area contributed by atoms with E-state index in [0.29, 0.717) is 0 Å². The van der Waals surface area contributed by atoms with E-state index in [1.807, 2.05) is 30.3 Å². The van der Waals surface area contributed by atoms with Crippen LogP contribution in [0.4, 0.5) is 4.39 Å². The Morgan fingerprint density at radius 2 is 1.76 bits per heavy atom. The van der Waals surface area contributed by atoms with Gasteiger partial charge in [-0.1, -0.05) is 18.2 Å². The standard InChI is InChI=1S/C24H32FNO3/c1-23(2)17-24(12-14-29-23,19-6-8-20(25)9-7-19)11-13-26-16-18-5-10-21(27-3)22(15-18)28-4/h5-10,15,26H,11-14,16-17H2,1-4H3/t24-/m1/s1. The van der Waals surface area contributed by atoms with E-state index in [2.05, 4.69) is 19.2 Å². The SMILES string of the molecule is COc1ccc(CNCC[C@@]2(c3ccc(F)cc3)CCOC(C)(C)C2)cc1OC. The Bertz CT molecular complexity index is 806. The Morgan fingerprint density at radius 1 is 1.03 bits per heavy atom. The van der Waals surface area contributed by atoms with Crippen molar-refractivity contribution in [1.29, 1.82) is 0 Å². The van der Waals surface area contributed by atoms with Crippen LogP contribution < -0.4 is 14.8 Å². The first-order valence-electron chi connectivity index (χ1n) is 10.2. The first-order valence-corrected chi connectivity index (χ1v) is 10.2. The van der Waals surface area contributed by atoms with Crippen LogP contribution >= 0.6 is 0 Å². The molecule has 0 amide bonds. The number of methoxy groups -OCH3 is 2. The minimum Gasteiger partial charge on any atom is -0.493 e. The molecule has 0 aromatic heterocycles. The smallest absolute Gasteiger partial charge is 0.161 e. The highest BCUT2D eigenvalue weighted by molar-refractivity contribution is 5.42. The van der Waals surface area contributed by atoms with Crippen molar-refractivity contribution in [2.75, 3.05) is 27.4 Å². The quantitative estimate of drug-likeness (QED) is 0.642. The summed E-state index contributed by atoms with van der Waals surface area (Å²) in [6.07, 6.45) is 2.84. The van der Waals surface area contributed by atoms with Gasteiger partial charge in [0.2, 0.25) is 0 Å². The van der Waals surface area contributed by atoms with Crippen LogP contribution in [0.2, 0.25) is 0 Å². The van der Waals surface area contributed by atoms with E-state index in [4.69, 9.17) is 14.2 Å². The second-order valence-electron chi connectivity index (χ2n) is 8.44. The van der Waals surface area contributed by atoms with Gasteiger partial charge >= 0.3 is 0 Å². The summed E-state index contributed by atoms with van der Waals surface area (Å²) < 4.78 is 30.1. The molecule has 0 spiro atoms. The molecule has 0 saturated carbocycles. The molecule has 0 bridgehead atoms. The van der Waals surface area contributed by atoms with Crippen LogP contribution in [0.15, 0.2) is 42.5 Å². The molecular weight excluding hydrogens is 369 g/mol. The maximum atomic E-state index is 13.5. The molecule has 2 aromatic carbocycles. The zero-order valence-electron chi connectivity index (χ0n) is 17.9.